The summed E-state index contributed by atoms with van der Waals surface area (Å²) >= 11 is 0. The summed E-state index contributed by atoms with van der Waals surface area (Å²) < 4.78 is 47.2. The Hall–Kier alpha value is -3.70. The highest BCUT2D eigenvalue weighted by molar-refractivity contribution is 5.94. The summed E-state index contributed by atoms with van der Waals surface area (Å²) in [5.41, 5.74) is 0.500. The molecule has 1 atom stereocenters. The summed E-state index contributed by atoms with van der Waals surface area (Å²) in [5.74, 6) is 1.17. The number of benzene rings is 1. The molecule has 0 radical (unpaired) electrons. The Bertz CT molecular complexity index is 1490. The van der Waals surface area contributed by atoms with E-state index in [-0.39, 0.29) is 17.4 Å². The van der Waals surface area contributed by atoms with Gasteiger partial charge >= 0.3 is 12.1 Å². The van der Waals surface area contributed by atoms with Crippen molar-refractivity contribution in [3.05, 3.63) is 52.0 Å². The van der Waals surface area contributed by atoms with Gasteiger partial charge in [0, 0.05) is 5.56 Å². The molecule has 1 N–H and O–H groups in total. The highest BCUT2D eigenvalue weighted by Crippen LogP contribution is 2.74. The van der Waals surface area contributed by atoms with Crippen molar-refractivity contribution in [2.45, 2.75) is 65.3 Å². The topological polar surface area (TPSA) is 102 Å². The van der Waals surface area contributed by atoms with Gasteiger partial charge in [-0.2, -0.15) is 18.2 Å². The largest absolute Gasteiger partial charge is 0.469 e. The van der Waals surface area contributed by atoms with Gasteiger partial charge in [0.1, 0.15) is 11.6 Å². The van der Waals surface area contributed by atoms with Crippen LogP contribution >= 0.6 is 0 Å². The number of ether oxygens (including phenoxy) is 1. The molecule has 4 aliphatic rings. The fraction of sp³-hybridized carbons (Fsp3) is 0.500. The maximum absolute atomic E-state index is 13.6. The van der Waals surface area contributed by atoms with Gasteiger partial charge in [0.15, 0.2) is 0 Å². The van der Waals surface area contributed by atoms with E-state index in [1.165, 1.54) is 20.1 Å². The van der Waals surface area contributed by atoms with Crippen molar-refractivity contribution >= 4 is 23.5 Å². The van der Waals surface area contributed by atoms with Gasteiger partial charge in [-0.15, -0.1) is 10.2 Å². The van der Waals surface area contributed by atoms with E-state index in [9.17, 15) is 22.8 Å². The van der Waals surface area contributed by atoms with Gasteiger partial charge < -0.3 is 15.0 Å². The van der Waals surface area contributed by atoms with Crippen LogP contribution in [0.25, 0.3) is 5.78 Å². The molecule has 12 heteroatoms. The van der Waals surface area contributed by atoms with Crippen LogP contribution < -0.4 is 5.32 Å². The third kappa shape index (κ3) is 3.34. The molecule has 1 aromatic carbocycles. The first-order valence-corrected chi connectivity index (χ1v) is 12.4. The van der Waals surface area contributed by atoms with Crippen LogP contribution in [0.2, 0.25) is 0 Å². The van der Waals surface area contributed by atoms with E-state index in [0.717, 1.165) is 17.3 Å². The lowest BCUT2D eigenvalue weighted by Gasteiger charge is -2.67. The zero-order chi connectivity index (χ0) is 27.2. The highest BCUT2D eigenvalue weighted by atomic mass is 19.4. The summed E-state index contributed by atoms with van der Waals surface area (Å²) in [4.78, 5) is 32.1. The zero-order valence-electron chi connectivity index (χ0n) is 21.4. The summed E-state index contributed by atoms with van der Waals surface area (Å²) in [5, 5.41) is 11.6. The minimum absolute atomic E-state index is 0.00826. The number of hydrogen-bond donors (Lipinski definition) is 1. The molecule has 2 bridgehead atoms. The quantitative estimate of drug-likeness (QED) is 0.497. The number of rotatable bonds is 5. The molecule has 3 heterocycles. The van der Waals surface area contributed by atoms with E-state index in [1.54, 1.807) is 24.8 Å². The average Bonchev–Trinajstić information content (AvgIpc) is 3.40. The first-order valence-electron chi connectivity index (χ1n) is 12.4. The monoisotopic (exact) mass is 528 g/mol. The Labute approximate surface area is 216 Å². The lowest BCUT2D eigenvalue weighted by molar-refractivity contribution is -0.228. The first-order chi connectivity index (χ1) is 17.9. The number of aromatic nitrogens is 4. The Balaban J connectivity index is 1.30. The fourth-order valence-electron chi connectivity index (χ4n) is 6.70. The van der Waals surface area contributed by atoms with Crippen LogP contribution in [-0.4, -0.2) is 43.5 Å². The van der Waals surface area contributed by atoms with Crippen molar-refractivity contribution in [3.8, 4) is 0 Å². The zero-order valence-corrected chi connectivity index (χ0v) is 21.4. The van der Waals surface area contributed by atoms with Crippen LogP contribution in [0.15, 0.2) is 18.2 Å². The van der Waals surface area contributed by atoms with E-state index >= 15 is 0 Å². The van der Waals surface area contributed by atoms with Gasteiger partial charge in [-0.25, -0.2) is 0 Å². The Morgan fingerprint density at radius 2 is 1.82 bits per heavy atom. The van der Waals surface area contributed by atoms with Gasteiger partial charge in [-0.3, -0.25) is 14.0 Å². The van der Waals surface area contributed by atoms with Gasteiger partial charge in [-0.05, 0) is 57.2 Å². The molecule has 1 aliphatic heterocycles. The van der Waals surface area contributed by atoms with Gasteiger partial charge in [-0.1, -0.05) is 12.1 Å². The second-order valence-electron chi connectivity index (χ2n) is 10.9. The fourth-order valence-corrected chi connectivity index (χ4v) is 6.70. The molecule has 2 aromatic heterocycles. The SMILES string of the molecule is COC(=O)C12CC(C(=O)N3Cc4c(N[C@H](C)c5cccc(C(F)(F)F)c5C)nc5nnc(C)n5c4C3)(C1)C2. The maximum Gasteiger partial charge on any atom is 0.416 e. The van der Waals surface area contributed by atoms with Gasteiger partial charge in [0.2, 0.25) is 5.91 Å². The van der Waals surface area contributed by atoms with Crippen molar-refractivity contribution in [1.82, 2.24) is 24.5 Å². The number of fused-ring (bicyclic) bond motifs is 3. The minimum atomic E-state index is -4.45. The van der Waals surface area contributed by atoms with Crippen LogP contribution in [-0.2, 0) is 33.6 Å². The molecule has 38 heavy (non-hydrogen) atoms. The van der Waals surface area contributed by atoms with E-state index in [4.69, 9.17) is 4.74 Å². The summed E-state index contributed by atoms with van der Waals surface area (Å²) in [6.07, 6.45) is -2.97. The molecule has 0 spiro atoms. The van der Waals surface area contributed by atoms with Crippen LogP contribution in [0.1, 0.15) is 66.0 Å². The minimum Gasteiger partial charge on any atom is -0.469 e. The molecule has 7 rings (SSSR count). The Morgan fingerprint density at radius 3 is 2.47 bits per heavy atom. The van der Waals surface area contributed by atoms with Crippen molar-refractivity contribution < 1.29 is 27.5 Å². The van der Waals surface area contributed by atoms with Crippen molar-refractivity contribution in [2.24, 2.45) is 10.8 Å². The number of esters is 1. The van der Waals surface area contributed by atoms with Crippen LogP contribution in [0.3, 0.4) is 0 Å². The summed E-state index contributed by atoms with van der Waals surface area (Å²) in [6, 6.07) is 3.64. The Morgan fingerprint density at radius 1 is 1.11 bits per heavy atom. The summed E-state index contributed by atoms with van der Waals surface area (Å²) in [7, 11) is 1.37. The third-order valence-corrected chi connectivity index (χ3v) is 8.50. The molecule has 3 aliphatic carbocycles. The molecule has 3 aromatic rings. The molecule has 1 amide bonds. The number of amides is 1. The van der Waals surface area contributed by atoms with E-state index in [1.807, 2.05) is 4.40 Å². The van der Waals surface area contributed by atoms with Crippen molar-refractivity contribution in [1.29, 1.82) is 0 Å². The number of carbonyl (C=O) groups is 2. The lowest BCUT2D eigenvalue weighted by atomic mass is 9.34. The van der Waals surface area contributed by atoms with Crippen molar-refractivity contribution in [3.63, 3.8) is 0 Å². The molecule has 3 fully saturated rings. The summed E-state index contributed by atoms with van der Waals surface area (Å²) in [6.45, 7) is 5.66. The second kappa shape index (κ2) is 7.90. The molecule has 0 saturated heterocycles. The number of anilines is 1. The maximum atomic E-state index is 13.6. The van der Waals surface area contributed by atoms with Crippen molar-refractivity contribution in [2.75, 3.05) is 12.4 Å². The number of nitrogens with zero attached hydrogens (tertiary/aromatic N) is 5. The van der Waals surface area contributed by atoms with Gasteiger partial charge in [0.05, 0.1) is 48.3 Å². The van der Waals surface area contributed by atoms with E-state index in [2.05, 4.69) is 20.5 Å². The van der Waals surface area contributed by atoms with Crippen LogP contribution in [0.4, 0.5) is 19.0 Å². The molecular formula is C26H27F3N6O3. The number of carbonyl (C=O) groups excluding carboxylic acids is 2. The normalized spacial score (nSPS) is 24.4. The van der Waals surface area contributed by atoms with Gasteiger partial charge in [0.25, 0.3) is 5.78 Å². The average molecular weight is 529 g/mol. The molecule has 0 unspecified atom stereocenters. The second-order valence-corrected chi connectivity index (χ2v) is 10.9. The number of halogens is 3. The molecular weight excluding hydrogens is 501 g/mol. The highest BCUT2D eigenvalue weighted by Gasteiger charge is 2.76. The number of methoxy groups -OCH3 is 1. The number of nitrogens with one attached hydrogen (secondary N) is 1. The van der Waals surface area contributed by atoms with Crippen LogP contribution in [0.5, 0.6) is 0 Å². The van der Waals surface area contributed by atoms with E-state index < -0.39 is 28.6 Å². The lowest BCUT2D eigenvalue weighted by Crippen LogP contribution is -2.70. The molecule has 3 saturated carbocycles. The predicted molar refractivity (Wildman–Crippen MR) is 129 cm³/mol. The number of alkyl halides is 3. The third-order valence-electron chi connectivity index (χ3n) is 8.50. The molecule has 9 nitrogen and oxygen atoms in total. The molecule has 200 valence electrons. The number of hydrogen-bond acceptors (Lipinski definition) is 7. The predicted octanol–water partition coefficient (Wildman–Crippen LogP) is 4.12. The number of aryl methyl sites for hydroxylation is 1. The van der Waals surface area contributed by atoms with Crippen LogP contribution in [0, 0.1) is 24.7 Å². The van der Waals surface area contributed by atoms with E-state index in [0.29, 0.717) is 55.3 Å². The standard InChI is InChI=1S/C26H27F3N6O3/c1-13-16(6-5-7-18(13)26(27,28)29)14(2)30-20-17-8-34(9-19(17)35-15(3)32-33-23(35)31-20)21(36)24-10-25(11-24,12-24)22(37)38-4/h5-7,14H,8-12H2,1-4H3,(H,30,31,33)/t14-,24?,25?/m1/s1. The first kappa shape index (κ1) is 24.6. The smallest absolute Gasteiger partial charge is 0.416 e. The Kier molecular flexibility index (Phi) is 5.12.